The van der Waals surface area contributed by atoms with Gasteiger partial charge in [0.05, 0.1) is 6.04 Å². The lowest BCUT2D eigenvalue weighted by Crippen LogP contribution is -2.22. The SMILES string of the molecule is CN1CC(Cc2ccccc2)[N]S1(=O)=O. The van der Waals surface area contributed by atoms with E-state index in [0.29, 0.717) is 13.0 Å². The van der Waals surface area contributed by atoms with Gasteiger partial charge in [0.25, 0.3) is 10.2 Å². The first-order valence-corrected chi connectivity index (χ1v) is 6.20. The molecule has 0 saturated carbocycles. The first-order valence-electron chi connectivity index (χ1n) is 4.80. The van der Waals surface area contributed by atoms with Gasteiger partial charge in [0.2, 0.25) is 0 Å². The Kier molecular flexibility index (Phi) is 2.77. The lowest BCUT2D eigenvalue weighted by molar-refractivity contribution is 0.488. The Labute approximate surface area is 90.1 Å². The Bertz CT molecular complexity index is 430. The second-order valence-electron chi connectivity index (χ2n) is 3.71. The molecule has 1 aliphatic rings. The number of hydrogen-bond donors (Lipinski definition) is 0. The number of rotatable bonds is 2. The molecule has 4 nitrogen and oxygen atoms in total. The van der Waals surface area contributed by atoms with Crippen LogP contribution in [0.5, 0.6) is 0 Å². The van der Waals surface area contributed by atoms with E-state index in [2.05, 4.69) is 4.72 Å². The highest BCUT2D eigenvalue weighted by Gasteiger charge is 2.33. The van der Waals surface area contributed by atoms with Crippen LogP contribution in [0.3, 0.4) is 0 Å². The molecule has 1 heterocycles. The van der Waals surface area contributed by atoms with E-state index in [9.17, 15) is 8.42 Å². The van der Waals surface area contributed by atoms with E-state index >= 15 is 0 Å². The maximum absolute atomic E-state index is 11.3. The number of hydrogen-bond acceptors (Lipinski definition) is 2. The maximum atomic E-state index is 11.3. The number of nitrogens with zero attached hydrogens (tertiary/aromatic N) is 2. The molecule has 0 aliphatic carbocycles. The van der Waals surface area contributed by atoms with E-state index in [4.69, 9.17) is 0 Å². The van der Waals surface area contributed by atoms with Crippen LogP contribution in [0.15, 0.2) is 30.3 Å². The van der Waals surface area contributed by atoms with Crippen molar-refractivity contribution in [1.29, 1.82) is 0 Å². The lowest BCUT2D eigenvalue weighted by atomic mass is 10.1. The molecule has 1 aliphatic heterocycles. The van der Waals surface area contributed by atoms with Gasteiger partial charge in [-0.15, -0.1) is 4.72 Å². The maximum Gasteiger partial charge on any atom is 0.296 e. The van der Waals surface area contributed by atoms with Crippen molar-refractivity contribution in [2.24, 2.45) is 0 Å². The molecular formula is C10H13N2O2S. The predicted molar refractivity (Wildman–Crippen MR) is 57.6 cm³/mol. The fraction of sp³-hybridized carbons (Fsp3) is 0.400. The van der Waals surface area contributed by atoms with Crippen LogP contribution in [0.4, 0.5) is 0 Å². The van der Waals surface area contributed by atoms with Crippen molar-refractivity contribution < 1.29 is 8.42 Å². The molecule has 0 spiro atoms. The van der Waals surface area contributed by atoms with Gasteiger partial charge >= 0.3 is 0 Å². The Balaban J connectivity index is 2.05. The Morgan fingerprint density at radius 3 is 2.60 bits per heavy atom. The van der Waals surface area contributed by atoms with Crippen molar-refractivity contribution in [3.05, 3.63) is 35.9 Å². The highest BCUT2D eigenvalue weighted by Crippen LogP contribution is 2.14. The van der Waals surface area contributed by atoms with Crippen molar-refractivity contribution in [2.45, 2.75) is 12.5 Å². The minimum absolute atomic E-state index is 0.137. The topological polar surface area (TPSA) is 51.5 Å². The quantitative estimate of drug-likeness (QED) is 0.731. The summed E-state index contributed by atoms with van der Waals surface area (Å²) in [5, 5.41) is 0. The van der Waals surface area contributed by atoms with Gasteiger partial charge in [-0.05, 0) is 12.0 Å². The first-order chi connectivity index (χ1) is 7.08. The van der Waals surface area contributed by atoms with Gasteiger partial charge in [-0.25, -0.2) is 0 Å². The Hall–Kier alpha value is -0.910. The Morgan fingerprint density at radius 1 is 1.40 bits per heavy atom. The molecule has 1 radical (unpaired) electrons. The Morgan fingerprint density at radius 2 is 2.07 bits per heavy atom. The largest absolute Gasteiger partial charge is 0.296 e. The second kappa shape index (κ2) is 3.92. The standard InChI is InChI=1S/C10H13N2O2S/c1-12-8-10(11-15(12,13)14)7-9-5-3-2-4-6-9/h2-6,10H,7-8H2,1H3. The summed E-state index contributed by atoms with van der Waals surface area (Å²) in [7, 11) is -1.78. The smallest absolute Gasteiger partial charge is 0.193 e. The van der Waals surface area contributed by atoms with Crippen LogP contribution in [-0.4, -0.2) is 32.4 Å². The first kappa shape index (κ1) is 10.6. The molecule has 1 atom stereocenters. The highest BCUT2D eigenvalue weighted by molar-refractivity contribution is 7.87. The van der Waals surface area contributed by atoms with Crippen LogP contribution in [0.1, 0.15) is 5.56 Å². The van der Waals surface area contributed by atoms with Crippen LogP contribution in [-0.2, 0) is 16.6 Å². The summed E-state index contributed by atoms with van der Waals surface area (Å²) in [6.45, 7) is 0.483. The monoisotopic (exact) mass is 225 g/mol. The van der Waals surface area contributed by atoms with Gasteiger partial charge in [-0.3, -0.25) is 0 Å². The zero-order valence-corrected chi connectivity index (χ0v) is 9.31. The van der Waals surface area contributed by atoms with E-state index in [1.807, 2.05) is 30.3 Å². The fourth-order valence-corrected chi connectivity index (χ4v) is 2.72. The predicted octanol–water partition coefficient (Wildman–Crippen LogP) is 0.392. The van der Waals surface area contributed by atoms with Gasteiger partial charge in [0.1, 0.15) is 0 Å². The summed E-state index contributed by atoms with van der Waals surface area (Å²) >= 11 is 0. The molecule has 15 heavy (non-hydrogen) atoms. The summed E-state index contributed by atoms with van der Waals surface area (Å²) < 4.78 is 27.7. The normalized spacial score (nSPS) is 25.5. The molecule has 0 bridgehead atoms. The third-order valence-electron chi connectivity index (χ3n) is 2.46. The van der Waals surface area contributed by atoms with Gasteiger partial charge in [0, 0.05) is 13.6 Å². The molecule has 0 amide bonds. The molecule has 2 rings (SSSR count). The fourth-order valence-electron chi connectivity index (χ4n) is 1.68. The number of likely N-dealkylation sites (N-methyl/N-ethyl adjacent to an activating group) is 1. The molecular weight excluding hydrogens is 212 g/mol. The summed E-state index contributed by atoms with van der Waals surface area (Å²) in [5.74, 6) is 0. The van der Waals surface area contributed by atoms with Crippen LogP contribution >= 0.6 is 0 Å². The molecule has 1 unspecified atom stereocenters. The molecule has 1 saturated heterocycles. The third kappa shape index (κ3) is 2.37. The zero-order chi connectivity index (χ0) is 10.9. The van der Waals surface area contributed by atoms with Crippen molar-refractivity contribution in [1.82, 2.24) is 9.03 Å². The van der Waals surface area contributed by atoms with Gasteiger partial charge < -0.3 is 0 Å². The summed E-state index contributed by atoms with van der Waals surface area (Å²) in [6.07, 6.45) is 0.685. The molecule has 1 aromatic carbocycles. The average molecular weight is 225 g/mol. The second-order valence-corrected chi connectivity index (χ2v) is 5.44. The van der Waals surface area contributed by atoms with E-state index < -0.39 is 10.2 Å². The van der Waals surface area contributed by atoms with Crippen molar-refractivity contribution in [3.8, 4) is 0 Å². The van der Waals surface area contributed by atoms with E-state index in [-0.39, 0.29) is 6.04 Å². The molecule has 1 aromatic rings. The molecule has 0 aromatic heterocycles. The van der Waals surface area contributed by atoms with Crippen molar-refractivity contribution >= 4 is 10.2 Å². The molecule has 81 valence electrons. The summed E-state index contributed by atoms with van der Waals surface area (Å²) in [4.78, 5) is 0. The van der Waals surface area contributed by atoms with Crippen molar-refractivity contribution in [3.63, 3.8) is 0 Å². The minimum atomic E-state index is -3.34. The minimum Gasteiger partial charge on any atom is -0.193 e. The summed E-state index contributed by atoms with van der Waals surface area (Å²) in [6, 6.07) is 9.67. The van der Waals surface area contributed by atoms with Crippen LogP contribution in [0, 0.1) is 0 Å². The van der Waals surface area contributed by atoms with Gasteiger partial charge in [-0.2, -0.15) is 12.7 Å². The average Bonchev–Trinajstić information content (AvgIpc) is 2.42. The van der Waals surface area contributed by atoms with Crippen LogP contribution in [0.25, 0.3) is 0 Å². The van der Waals surface area contributed by atoms with E-state index in [1.165, 1.54) is 4.31 Å². The zero-order valence-electron chi connectivity index (χ0n) is 8.50. The molecule has 0 N–H and O–H groups in total. The van der Waals surface area contributed by atoms with E-state index in [1.54, 1.807) is 7.05 Å². The lowest BCUT2D eigenvalue weighted by Gasteiger charge is -2.05. The highest BCUT2D eigenvalue weighted by atomic mass is 32.2. The van der Waals surface area contributed by atoms with Crippen LogP contribution < -0.4 is 4.72 Å². The van der Waals surface area contributed by atoms with Gasteiger partial charge in [0.15, 0.2) is 0 Å². The van der Waals surface area contributed by atoms with Crippen LogP contribution in [0.2, 0.25) is 0 Å². The van der Waals surface area contributed by atoms with Gasteiger partial charge in [-0.1, -0.05) is 30.3 Å². The molecule has 1 fully saturated rings. The number of benzene rings is 1. The summed E-state index contributed by atoms with van der Waals surface area (Å²) in [5.41, 5.74) is 1.12. The van der Waals surface area contributed by atoms with Crippen molar-refractivity contribution in [2.75, 3.05) is 13.6 Å². The van der Waals surface area contributed by atoms with E-state index in [0.717, 1.165) is 5.56 Å². The molecule has 5 heteroatoms. The third-order valence-corrected chi connectivity index (χ3v) is 3.96.